The zero-order chi connectivity index (χ0) is 20.0. The van der Waals surface area contributed by atoms with Crippen molar-refractivity contribution in [3.8, 4) is 0 Å². The number of aliphatic hydroxyl groups is 1. The molecule has 0 aliphatic carbocycles. The predicted molar refractivity (Wildman–Crippen MR) is 113 cm³/mol. The van der Waals surface area contributed by atoms with Gasteiger partial charge in [-0.3, -0.25) is 0 Å². The topological polar surface area (TPSA) is 100 Å². The van der Waals surface area contributed by atoms with Crippen molar-refractivity contribution in [3.05, 3.63) is 0 Å². The van der Waals surface area contributed by atoms with Crippen LogP contribution in [0.4, 0.5) is 0 Å². The Morgan fingerprint density at radius 2 is 0.964 bits per heavy atom. The number of aliphatic hydroxyl groups excluding tert-OH is 1. The third kappa shape index (κ3) is 37.6. The largest absolute Gasteiger partial charge is 2.00 e. The fraction of sp³-hybridized carbons (Fsp3) is 0.905. The van der Waals surface area contributed by atoms with Gasteiger partial charge in [0.25, 0.3) is 0 Å². The molecule has 0 heterocycles. The van der Waals surface area contributed by atoms with Gasteiger partial charge in [-0.1, -0.05) is 96.8 Å². The van der Waals surface area contributed by atoms with E-state index >= 15 is 0 Å². The summed E-state index contributed by atoms with van der Waals surface area (Å²) in [7, 11) is 0. The summed E-state index contributed by atoms with van der Waals surface area (Å²) in [5.41, 5.74) is 0. The Balaban J connectivity index is -0.000000312. The first-order valence-electron chi connectivity index (χ1n) is 10.5. The van der Waals surface area contributed by atoms with Crippen molar-refractivity contribution in [3.63, 3.8) is 0 Å². The molecule has 28 heavy (non-hydrogen) atoms. The first kappa shape index (κ1) is 36.3. The average Bonchev–Trinajstić information content (AvgIpc) is 2.58. The molecule has 0 bridgehead atoms. The van der Waals surface area contributed by atoms with Gasteiger partial charge in [0.05, 0.1) is 12.1 Å². The van der Waals surface area contributed by atoms with Gasteiger partial charge >= 0.3 is 60.8 Å². The quantitative estimate of drug-likeness (QED) is 0.278. The molecule has 0 radical (unpaired) electrons. The van der Waals surface area contributed by atoms with E-state index in [0.29, 0.717) is 0 Å². The molecule has 0 saturated heterocycles. The zero-order valence-electron chi connectivity index (χ0n) is 18.4. The van der Waals surface area contributed by atoms with Crippen LogP contribution in [0.5, 0.6) is 0 Å². The van der Waals surface area contributed by atoms with E-state index < -0.39 is 18.0 Å². The minimum absolute atomic E-state index is 0. The summed E-state index contributed by atoms with van der Waals surface area (Å²) in [4.78, 5) is 19.6. The average molecular weight is 437 g/mol. The molecule has 0 aromatic carbocycles. The zero-order valence-corrected chi connectivity index (χ0v) is 22.0. The SMILES string of the molecule is CC(O)C(=O)[O-].CCCCCCCCCCCCCCCCCC(=O)[O-].[Ca+2].[Mg+2]. The number of hydrogen-bond donors (Lipinski definition) is 1. The van der Waals surface area contributed by atoms with Crippen molar-refractivity contribution < 1.29 is 24.9 Å². The molecule has 0 spiro atoms. The Bertz CT molecular complexity index is 328. The second-order valence-corrected chi connectivity index (χ2v) is 7.07. The van der Waals surface area contributed by atoms with Crippen molar-refractivity contribution in [2.24, 2.45) is 0 Å². The van der Waals surface area contributed by atoms with Gasteiger partial charge in [0.2, 0.25) is 0 Å². The van der Waals surface area contributed by atoms with E-state index in [0.717, 1.165) is 19.8 Å². The smallest absolute Gasteiger partial charge is 0.550 e. The third-order valence-corrected chi connectivity index (χ3v) is 4.33. The van der Waals surface area contributed by atoms with Gasteiger partial charge in [-0.15, -0.1) is 0 Å². The monoisotopic (exact) mass is 436 g/mol. The Morgan fingerprint density at radius 1 is 0.714 bits per heavy atom. The Labute approximate surface area is 218 Å². The van der Waals surface area contributed by atoms with E-state index in [1.807, 2.05) is 0 Å². The fourth-order valence-electron chi connectivity index (χ4n) is 2.64. The third-order valence-electron chi connectivity index (χ3n) is 4.33. The van der Waals surface area contributed by atoms with Crippen molar-refractivity contribution in [1.82, 2.24) is 0 Å². The number of carboxylic acids is 2. The van der Waals surface area contributed by atoms with E-state index in [1.165, 1.54) is 83.5 Å². The Morgan fingerprint density at radius 3 is 1.18 bits per heavy atom. The first-order chi connectivity index (χ1) is 12.4. The standard InChI is InChI=1S/C18H36O2.C3H6O3.Ca.Mg/c1-2-3-4-5-6-7-8-9-10-11-12-13-14-15-16-17-18(19)20;1-2(4)3(5)6;;/h2-17H2,1H3,(H,19,20);2,4H,1H3,(H,5,6);;/q;;2*+2/p-2. The number of carboxylic acid groups (broad SMARTS) is 2. The molecule has 0 fully saturated rings. The summed E-state index contributed by atoms with van der Waals surface area (Å²) in [5, 5.41) is 27.5. The van der Waals surface area contributed by atoms with Crippen LogP contribution in [0, 0.1) is 0 Å². The summed E-state index contributed by atoms with van der Waals surface area (Å²) in [6.45, 7) is 3.40. The molecular formula is C21H40CaMgO5+2. The summed E-state index contributed by atoms with van der Waals surface area (Å²) < 4.78 is 0. The fourth-order valence-corrected chi connectivity index (χ4v) is 2.64. The molecule has 1 N–H and O–H groups in total. The second kappa shape index (κ2) is 30.1. The van der Waals surface area contributed by atoms with Crippen LogP contribution in [0.1, 0.15) is 117 Å². The van der Waals surface area contributed by atoms with Gasteiger partial charge in [0, 0.05) is 5.97 Å². The summed E-state index contributed by atoms with van der Waals surface area (Å²) in [6.07, 6.45) is 18.5. The molecule has 0 saturated carbocycles. The van der Waals surface area contributed by atoms with Gasteiger partial charge < -0.3 is 24.9 Å². The molecule has 5 nitrogen and oxygen atoms in total. The molecule has 0 aliphatic rings. The number of carbonyl (C=O) groups excluding carboxylic acids is 2. The number of rotatable bonds is 17. The van der Waals surface area contributed by atoms with Gasteiger partial charge in [-0.05, 0) is 19.8 Å². The van der Waals surface area contributed by atoms with E-state index in [4.69, 9.17) is 5.11 Å². The van der Waals surface area contributed by atoms with Crippen LogP contribution in [-0.2, 0) is 9.59 Å². The summed E-state index contributed by atoms with van der Waals surface area (Å²) in [6, 6.07) is 0. The molecule has 0 amide bonds. The van der Waals surface area contributed by atoms with E-state index in [1.54, 1.807) is 0 Å². The molecular weight excluding hydrogens is 397 g/mol. The van der Waals surface area contributed by atoms with Crippen LogP contribution < -0.4 is 10.2 Å². The van der Waals surface area contributed by atoms with Crippen molar-refractivity contribution in [2.45, 2.75) is 123 Å². The predicted octanol–water partition coefficient (Wildman–Crippen LogP) is 2.35. The first-order valence-corrected chi connectivity index (χ1v) is 10.5. The van der Waals surface area contributed by atoms with Crippen LogP contribution in [-0.4, -0.2) is 83.9 Å². The molecule has 0 aliphatic heterocycles. The number of hydrogen-bond acceptors (Lipinski definition) is 5. The van der Waals surface area contributed by atoms with Crippen LogP contribution in [0.25, 0.3) is 0 Å². The van der Waals surface area contributed by atoms with Gasteiger partial charge in [-0.2, -0.15) is 0 Å². The van der Waals surface area contributed by atoms with Crippen molar-refractivity contribution in [1.29, 1.82) is 0 Å². The molecule has 0 rings (SSSR count). The van der Waals surface area contributed by atoms with E-state index in [2.05, 4.69) is 6.92 Å². The second-order valence-electron chi connectivity index (χ2n) is 7.07. The molecule has 7 heteroatoms. The minimum atomic E-state index is -1.44. The maximum Gasteiger partial charge on any atom is 2.00 e. The van der Waals surface area contributed by atoms with Crippen LogP contribution in [0.15, 0.2) is 0 Å². The van der Waals surface area contributed by atoms with E-state index in [9.17, 15) is 19.8 Å². The number of unbranched alkanes of at least 4 members (excludes halogenated alkanes) is 14. The van der Waals surface area contributed by atoms with Crippen LogP contribution in [0.3, 0.4) is 0 Å². The molecule has 156 valence electrons. The molecule has 1 unspecified atom stereocenters. The minimum Gasteiger partial charge on any atom is -0.550 e. The number of aliphatic carboxylic acids is 2. The Kier molecular flexibility index (Phi) is 39.1. The van der Waals surface area contributed by atoms with Gasteiger partial charge in [-0.25, -0.2) is 0 Å². The maximum absolute atomic E-state index is 10.2. The van der Waals surface area contributed by atoms with Gasteiger partial charge in [0.15, 0.2) is 0 Å². The maximum atomic E-state index is 10.2. The Hall–Kier alpha value is 0.926. The van der Waals surface area contributed by atoms with Gasteiger partial charge in [0.1, 0.15) is 0 Å². The number of carbonyl (C=O) groups is 2. The van der Waals surface area contributed by atoms with E-state index in [-0.39, 0.29) is 67.2 Å². The molecule has 0 aromatic rings. The summed E-state index contributed by atoms with van der Waals surface area (Å²) in [5.74, 6) is -2.34. The van der Waals surface area contributed by atoms with Crippen LogP contribution in [0.2, 0.25) is 0 Å². The normalized spacial score (nSPS) is 10.7. The molecule has 0 aromatic heterocycles. The molecule has 1 atom stereocenters. The van der Waals surface area contributed by atoms with Crippen LogP contribution >= 0.6 is 0 Å². The summed E-state index contributed by atoms with van der Waals surface area (Å²) >= 11 is 0. The van der Waals surface area contributed by atoms with Crippen molar-refractivity contribution in [2.75, 3.05) is 0 Å². The van der Waals surface area contributed by atoms with Crippen molar-refractivity contribution >= 4 is 72.7 Å².